The topological polar surface area (TPSA) is 99.3 Å². The summed E-state index contributed by atoms with van der Waals surface area (Å²) in [6.07, 6.45) is 3.66. The molecule has 2 bridgehead atoms. The molecule has 1 saturated heterocycles. The van der Waals surface area contributed by atoms with Crippen LogP contribution in [0, 0.1) is 23.5 Å². The van der Waals surface area contributed by atoms with E-state index in [0.29, 0.717) is 23.4 Å². The van der Waals surface area contributed by atoms with Crippen LogP contribution in [0.2, 0.25) is 0 Å². The summed E-state index contributed by atoms with van der Waals surface area (Å²) in [4.78, 5) is 28.2. The molecule has 8 nitrogen and oxygen atoms in total. The second-order valence-electron chi connectivity index (χ2n) is 9.21. The number of hydrogen-bond donors (Lipinski definition) is 2. The van der Waals surface area contributed by atoms with Crippen molar-refractivity contribution >= 4 is 27.8 Å². The first-order valence-corrected chi connectivity index (χ1v) is 12.0. The molecule has 3 aliphatic heterocycles. The lowest BCUT2D eigenvalue weighted by Gasteiger charge is -2.40. The second kappa shape index (κ2) is 7.66. The number of thioether (sulfide) groups is 1. The third-order valence-electron chi connectivity index (χ3n) is 7.49. The van der Waals surface area contributed by atoms with E-state index in [4.69, 9.17) is 0 Å². The standard InChI is InChI=1S/C23H21F2N5O3S/c1-10-13-4-5-16(10)30-17(13)9-29-8-14(20(31)21(32)19(29)23(30)33)22-27-28-26-18(34-22)6-11-2-3-12(24)7-15(11)25/h2-3,7-8,10,13,16-17,28,32H,4-6,9H2,1H3/t10?,13?,16?,17-/m1/s1. The highest BCUT2D eigenvalue weighted by Crippen LogP contribution is 2.49. The van der Waals surface area contributed by atoms with E-state index in [1.54, 1.807) is 10.8 Å². The third-order valence-corrected chi connectivity index (χ3v) is 8.47. The third kappa shape index (κ3) is 3.09. The summed E-state index contributed by atoms with van der Waals surface area (Å²) in [5, 5.41) is 19.6. The summed E-state index contributed by atoms with van der Waals surface area (Å²) in [6.45, 7) is 2.66. The molecule has 2 fully saturated rings. The number of benzene rings is 1. The Morgan fingerprint density at radius 3 is 2.82 bits per heavy atom. The van der Waals surface area contributed by atoms with E-state index < -0.39 is 22.8 Å². The van der Waals surface area contributed by atoms with Gasteiger partial charge in [0.15, 0.2) is 11.4 Å². The van der Waals surface area contributed by atoms with Crippen LogP contribution >= 0.6 is 11.8 Å². The molecule has 0 radical (unpaired) electrons. The minimum atomic E-state index is -0.697. The molecule has 4 aliphatic rings. The Morgan fingerprint density at radius 2 is 2.03 bits per heavy atom. The number of hydrazone groups is 2. The van der Waals surface area contributed by atoms with Crippen molar-refractivity contribution in [3.8, 4) is 5.75 Å². The molecule has 1 saturated carbocycles. The largest absolute Gasteiger partial charge is 0.503 e. The lowest BCUT2D eigenvalue weighted by atomic mass is 9.92. The summed E-state index contributed by atoms with van der Waals surface area (Å²) < 4.78 is 29.0. The van der Waals surface area contributed by atoms with E-state index in [9.17, 15) is 23.5 Å². The van der Waals surface area contributed by atoms with Gasteiger partial charge in [-0.1, -0.05) is 13.0 Å². The van der Waals surface area contributed by atoms with Gasteiger partial charge in [0.2, 0.25) is 5.43 Å². The van der Waals surface area contributed by atoms with Gasteiger partial charge in [-0.15, -0.1) is 0 Å². The Bertz CT molecular complexity index is 1360. The maximum atomic E-state index is 14.1. The van der Waals surface area contributed by atoms with Crippen LogP contribution < -0.4 is 11.0 Å². The Hall–Kier alpha value is -3.21. The number of aromatic hydroxyl groups is 1. The Morgan fingerprint density at radius 1 is 1.21 bits per heavy atom. The van der Waals surface area contributed by atoms with Gasteiger partial charge in [-0.05, 0) is 48.1 Å². The number of nitrogens with one attached hydrogen (secondary N) is 1. The van der Waals surface area contributed by atoms with Crippen molar-refractivity contribution in [2.45, 2.75) is 44.8 Å². The fraction of sp³-hybridized carbons (Fsp3) is 0.391. The van der Waals surface area contributed by atoms with Crippen molar-refractivity contribution in [2.75, 3.05) is 0 Å². The zero-order valence-electron chi connectivity index (χ0n) is 18.2. The molecule has 4 heterocycles. The van der Waals surface area contributed by atoms with Gasteiger partial charge in [0, 0.05) is 31.3 Å². The molecular formula is C23H21F2N5O3S. The van der Waals surface area contributed by atoms with Crippen LogP contribution in [0.5, 0.6) is 5.75 Å². The monoisotopic (exact) mass is 485 g/mol. The number of fused-ring (bicyclic) bond motifs is 6. The van der Waals surface area contributed by atoms with Gasteiger partial charge in [-0.3, -0.25) is 9.59 Å². The van der Waals surface area contributed by atoms with Gasteiger partial charge in [0.1, 0.15) is 21.7 Å². The molecule has 2 aromatic rings. The van der Waals surface area contributed by atoms with Gasteiger partial charge >= 0.3 is 0 Å². The number of piperidine rings is 1. The molecule has 1 aromatic heterocycles. The first kappa shape index (κ1) is 21.3. The van der Waals surface area contributed by atoms with E-state index in [1.165, 1.54) is 12.1 Å². The highest BCUT2D eigenvalue weighted by Gasteiger charge is 2.55. The van der Waals surface area contributed by atoms with Crippen LogP contribution in [0.1, 0.15) is 41.4 Å². The second-order valence-corrected chi connectivity index (χ2v) is 10.3. The molecule has 1 aromatic carbocycles. The number of nitrogens with zero attached hydrogens (tertiary/aromatic N) is 4. The number of hydrogen-bond acceptors (Lipinski definition) is 7. The maximum absolute atomic E-state index is 14.1. The van der Waals surface area contributed by atoms with Gasteiger partial charge in [-0.25, -0.2) is 8.78 Å². The highest BCUT2D eigenvalue weighted by atomic mass is 32.2. The molecular weight excluding hydrogens is 464 g/mol. The van der Waals surface area contributed by atoms with Crippen molar-refractivity contribution in [3.63, 3.8) is 0 Å². The summed E-state index contributed by atoms with van der Waals surface area (Å²) in [5.74, 6) is -1.46. The zero-order valence-corrected chi connectivity index (χ0v) is 19.0. The molecule has 2 N–H and O–H groups in total. The number of aromatic nitrogens is 1. The molecule has 4 atom stereocenters. The fourth-order valence-corrected chi connectivity index (χ4v) is 6.76. The van der Waals surface area contributed by atoms with Gasteiger partial charge in [0.25, 0.3) is 5.91 Å². The van der Waals surface area contributed by atoms with Gasteiger partial charge in [0.05, 0.1) is 11.6 Å². The highest BCUT2D eigenvalue weighted by molar-refractivity contribution is 8.27. The van der Waals surface area contributed by atoms with E-state index in [2.05, 4.69) is 22.7 Å². The summed E-state index contributed by atoms with van der Waals surface area (Å²) >= 11 is 1.06. The lowest BCUT2D eigenvalue weighted by molar-refractivity contribution is 0.0480. The van der Waals surface area contributed by atoms with Crippen LogP contribution in [0.3, 0.4) is 0 Å². The van der Waals surface area contributed by atoms with Crippen LogP contribution in [-0.2, 0) is 13.0 Å². The van der Waals surface area contributed by atoms with Crippen molar-refractivity contribution < 1.29 is 18.7 Å². The van der Waals surface area contributed by atoms with E-state index >= 15 is 0 Å². The van der Waals surface area contributed by atoms with Gasteiger partial charge < -0.3 is 14.6 Å². The lowest BCUT2D eigenvalue weighted by Crippen LogP contribution is -2.52. The average molecular weight is 486 g/mol. The number of carbonyl (C=O) groups excluding carboxylic acids is 1. The molecule has 6 rings (SSSR count). The summed E-state index contributed by atoms with van der Waals surface area (Å²) in [7, 11) is 0. The molecule has 0 spiro atoms. The fourth-order valence-electron chi connectivity index (χ4n) is 5.88. The molecule has 34 heavy (non-hydrogen) atoms. The van der Waals surface area contributed by atoms with Crippen molar-refractivity contribution in [1.82, 2.24) is 15.0 Å². The quantitative estimate of drug-likeness (QED) is 0.697. The predicted molar refractivity (Wildman–Crippen MR) is 123 cm³/mol. The van der Waals surface area contributed by atoms with Crippen LogP contribution in [-0.4, -0.2) is 42.7 Å². The molecule has 1 aliphatic carbocycles. The number of pyridine rings is 1. The minimum Gasteiger partial charge on any atom is -0.503 e. The van der Waals surface area contributed by atoms with E-state index in [-0.39, 0.29) is 46.3 Å². The van der Waals surface area contributed by atoms with Crippen molar-refractivity contribution in [2.24, 2.45) is 22.0 Å². The van der Waals surface area contributed by atoms with Gasteiger partial charge in [-0.2, -0.15) is 15.7 Å². The van der Waals surface area contributed by atoms with E-state index in [1.807, 2.05) is 4.90 Å². The average Bonchev–Trinajstić information content (AvgIpc) is 3.31. The minimum absolute atomic E-state index is 0.0152. The van der Waals surface area contributed by atoms with Crippen LogP contribution in [0.4, 0.5) is 8.78 Å². The van der Waals surface area contributed by atoms with Crippen LogP contribution in [0.15, 0.2) is 39.4 Å². The summed E-state index contributed by atoms with van der Waals surface area (Å²) in [5.41, 5.74) is 2.18. The molecule has 11 heteroatoms. The van der Waals surface area contributed by atoms with Crippen LogP contribution in [0.25, 0.3) is 0 Å². The molecule has 3 unspecified atom stereocenters. The normalized spacial score (nSPS) is 27.1. The smallest absolute Gasteiger partial charge is 0.275 e. The Balaban J connectivity index is 1.31. The van der Waals surface area contributed by atoms with E-state index in [0.717, 1.165) is 30.7 Å². The Kier molecular flexibility index (Phi) is 4.80. The first-order chi connectivity index (χ1) is 16.3. The van der Waals surface area contributed by atoms with Crippen molar-refractivity contribution in [3.05, 3.63) is 63.1 Å². The zero-order chi connectivity index (χ0) is 23.7. The number of rotatable bonds is 3. The number of amides is 1. The summed E-state index contributed by atoms with van der Waals surface area (Å²) in [6, 6.07) is 3.50. The maximum Gasteiger partial charge on any atom is 0.275 e. The molecule has 176 valence electrons. The molecule has 1 amide bonds. The SMILES string of the molecule is CC1C2CCC1N1C(=O)c3c(O)c(=O)c(C4=NNN=C(Cc5ccc(F)cc5F)S4)cn3C[C@H]21. The Labute approximate surface area is 197 Å². The first-order valence-electron chi connectivity index (χ1n) is 11.1. The number of carbonyl (C=O) groups is 1. The van der Waals surface area contributed by atoms with Crippen molar-refractivity contribution in [1.29, 1.82) is 0 Å². The predicted octanol–water partition coefficient (Wildman–Crippen LogP) is 2.64. The number of halogens is 2.